The van der Waals surface area contributed by atoms with Gasteiger partial charge in [-0.05, 0) is 128 Å². The lowest BCUT2D eigenvalue weighted by atomic mass is 9.83. The van der Waals surface area contributed by atoms with Crippen LogP contribution < -0.4 is 10.4 Å². The Morgan fingerprint density at radius 3 is 1.49 bits per heavy atom. The maximum Gasteiger partial charge on any atom is -0.00259 e. The zero-order valence-corrected chi connectivity index (χ0v) is 27.5. The van der Waals surface area contributed by atoms with Crippen LogP contribution in [0.15, 0.2) is 164 Å². The summed E-state index contributed by atoms with van der Waals surface area (Å²) < 4.78 is 0. The van der Waals surface area contributed by atoms with Crippen LogP contribution in [-0.2, 0) is 0 Å². The number of rotatable bonds is 4. The van der Waals surface area contributed by atoms with Crippen molar-refractivity contribution in [3.63, 3.8) is 0 Å². The monoisotopic (exact) mass is 622 g/mol. The van der Waals surface area contributed by atoms with Gasteiger partial charge in [-0.15, -0.1) is 0 Å². The van der Waals surface area contributed by atoms with E-state index in [-0.39, 0.29) is 0 Å². The lowest BCUT2D eigenvalue weighted by Crippen LogP contribution is -2.22. The maximum atomic E-state index is 4.32. The lowest BCUT2D eigenvalue weighted by molar-refractivity contribution is 1.53. The van der Waals surface area contributed by atoms with Crippen molar-refractivity contribution >= 4 is 66.5 Å². The summed E-state index contributed by atoms with van der Waals surface area (Å²) in [5, 5.41) is 14.6. The normalized spacial score (nSPS) is 12.1. The molecule has 0 aliphatic heterocycles. The van der Waals surface area contributed by atoms with Gasteiger partial charge in [0.15, 0.2) is 0 Å². The van der Waals surface area contributed by atoms with Crippen LogP contribution in [0.3, 0.4) is 0 Å². The molecular weight excluding hydrogens is 589 g/mol. The van der Waals surface area contributed by atoms with Crippen LogP contribution in [0.4, 0.5) is 0 Å². The van der Waals surface area contributed by atoms with Gasteiger partial charge >= 0.3 is 0 Å². The molecule has 49 heavy (non-hydrogen) atoms. The third kappa shape index (κ3) is 4.60. The van der Waals surface area contributed by atoms with Crippen molar-refractivity contribution in [1.82, 2.24) is 0 Å². The molecule has 0 saturated heterocycles. The van der Waals surface area contributed by atoms with Crippen LogP contribution in [0, 0.1) is 6.92 Å². The molecule has 9 aromatic rings. The predicted octanol–water partition coefficient (Wildman–Crippen LogP) is 12.1. The first-order chi connectivity index (χ1) is 24.1. The van der Waals surface area contributed by atoms with Crippen LogP contribution in [0.5, 0.6) is 0 Å². The minimum Gasteiger partial charge on any atom is -0.0990 e. The molecule has 0 atom stereocenters. The van der Waals surface area contributed by atoms with Crippen molar-refractivity contribution in [3.8, 4) is 33.4 Å². The first-order valence-electron chi connectivity index (χ1n) is 16.9. The summed E-state index contributed by atoms with van der Waals surface area (Å²) >= 11 is 0. The van der Waals surface area contributed by atoms with Crippen LogP contribution >= 0.6 is 0 Å². The molecule has 0 saturated carbocycles. The van der Waals surface area contributed by atoms with Crippen molar-refractivity contribution in [2.45, 2.75) is 6.92 Å². The van der Waals surface area contributed by atoms with Crippen LogP contribution in [-0.4, -0.2) is 0 Å². The quantitative estimate of drug-likeness (QED) is 0.171. The molecule has 0 heterocycles. The molecule has 0 bridgehead atoms. The number of hydrogen-bond donors (Lipinski definition) is 0. The van der Waals surface area contributed by atoms with Crippen molar-refractivity contribution in [2.24, 2.45) is 0 Å². The average molecular weight is 623 g/mol. The van der Waals surface area contributed by atoms with Crippen molar-refractivity contribution in [1.29, 1.82) is 0 Å². The summed E-state index contributed by atoms with van der Waals surface area (Å²) in [6, 6.07) is 55.9. The molecule has 0 nitrogen and oxygen atoms in total. The Hall–Kier alpha value is -6.24. The van der Waals surface area contributed by atoms with E-state index in [4.69, 9.17) is 0 Å². The van der Waals surface area contributed by atoms with E-state index in [0.717, 1.165) is 10.4 Å². The summed E-state index contributed by atoms with van der Waals surface area (Å²) in [5.41, 5.74) is 8.70. The fourth-order valence-corrected chi connectivity index (χ4v) is 7.99. The Morgan fingerprint density at radius 1 is 0.408 bits per heavy atom. The molecule has 0 heteroatoms. The van der Waals surface area contributed by atoms with E-state index in [1.165, 1.54) is 92.8 Å². The van der Waals surface area contributed by atoms with Gasteiger partial charge < -0.3 is 0 Å². The molecule has 0 aliphatic rings. The van der Waals surface area contributed by atoms with Crippen molar-refractivity contribution in [3.05, 3.63) is 180 Å². The van der Waals surface area contributed by atoms with Gasteiger partial charge in [0.25, 0.3) is 0 Å². The molecule has 9 rings (SSSR count). The summed E-state index contributed by atoms with van der Waals surface area (Å²) in [6.07, 6.45) is 3.90. The van der Waals surface area contributed by atoms with Gasteiger partial charge in [0.1, 0.15) is 0 Å². The molecular formula is C49H34. The highest BCUT2D eigenvalue weighted by Crippen LogP contribution is 2.46. The second kappa shape index (κ2) is 11.5. The third-order valence-electron chi connectivity index (χ3n) is 10.3. The maximum absolute atomic E-state index is 4.32. The molecule has 0 aromatic heterocycles. The highest BCUT2D eigenvalue weighted by atomic mass is 14.2. The van der Waals surface area contributed by atoms with Crippen molar-refractivity contribution < 1.29 is 0 Å². The highest BCUT2D eigenvalue weighted by molar-refractivity contribution is 6.23. The van der Waals surface area contributed by atoms with E-state index in [1.807, 2.05) is 6.08 Å². The second-order valence-electron chi connectivity index (χ2n) is 13.0. The molecule has 0 aliphatic carbocycles. The Labute approximate surface area is 286 Å². The predicted molar refractivity (Wildman–Crippen MR) is 214 cm³/mol. The standard InChI is InChI=1S/C49H34/c1-4-13-34-28-36(23-22-31(34)2)49-44-21-12-11-20-43(44)47(37-25-24-33-14-5-6-15-35(33)29-37)45-27-26-38(30-46(45)49)48-41-18-9-7-16-39(41)32(3)40-17-8-10-19-42(40)48/h4-30H,1-2H2,3H3/b34-13-. The van der Waals surface area contributed by atoms with E-state index >= 15 is 0 Å². The SMILES string of the molecule is C=C/C=c1/cc(-c2c3ccccc3c(-c3ccc4ccccc4c3)c3ccc(-c4c5ccccc5c(C)c5ccccc45)cc23)ccc1=C. The third-order valence-corrected chi connectivity index (χ3v) is 10.3. The first-order valence-corrected chi connectivity index (χ1v) is 16.9. The Balaban J connectivity index is 1.46. The van der Waals surface area contributed by atoms with Gasteiger partial charge in [0.2, 0.25) is 0 Å². The number of benzene rings is 9. The smallest absolute Gasteiger partial charge is 0.00259 e. The van der Waals surface area contributed by atoms with E-state index in [0.29, 0.717) is 0 Å². The van der Waals surface area contributed by atoms with Crippen LogP contribution in [0.25, 0.3) is 99.9 Å². The van der Waals surface area contributed by atoms with Gasteiger partial charge in [0.05, 0.1) is 0 Å². The lowest BCUT2D eigenvalue weighted by Gasteiger charge is -2.20. The molecule has 0 radical (unpaired) electrons. The van der Waals surface area contributed by atoms with Crippen molar-refractivity contribution in [2.75, 3.05) is 0 Å². The summed E-state index contributed by atoms with van der Waals surface area (Å²) in [7, 11) is 0. The van der Waals surface area contributed by atoms with Gasteiger partial charge in [0, 0.05) is 0 Å². The highest BCUT2D eigenvalue weighted by Gasteiger charge is 2.19. The van der Waals surface area contributed by atoms with Crippen LogP contribution in [0.2, 0.25) is 0 Å². The van der Waals surface area contributed by atoms with Gasteiger partial charge in [-0.2, -0.15) is 0 Å². The van der Waals surface area contributed by atoms with Gasteiger partial charge in [-0.3, -0.25) is 0 Å². The van der Waals surface area contributed by atoms with Gasteiger partial charge in [-0.1, -0.05) is 159 Å². The number of hydrogen-bond acceptors (Lipinski definition) is 0. The van der Waals surface area contributed by atoms with E-state index in [9.17, 15) is 0 Å². The second-order valence-corrected chi connectivity index (χ2v) is 13.0. The fraction of sp³-hybridized carbons (Fsp3) is 0.0204. The topological polar surface area (TPSA) is 0 Å². The number of aryl methyl sites for hydroxylation is 1. The zero-order chi connectivity index (χ0) is 33.1. The molecule has 0 amide bonds. The van der Waals surface area contributed by atoms with E-state index < -0.39 is 0 Å². The van der Waals surface area contributed by atoms with Crippen LogP contribution in [0.1, 0.15) is 5.56 Å². The Morgan fingerprint density at radius 2 is 0.857 bits per heavy atom. The molecule has 0 spiro atoms. The summed E-state index contributed by atoms with van der Waals surface area (Å²) in [6.45, 7) is 10.5. The first kappa shape index (κ1) is 28.9. The van der Waals surface area contributed by atoms with E-state index in [2.05, 4.69) is 178 Å². The Bertz CT molecular complexity index is 2870. The summed E-state index contributed by atoms with van der Waals surface area (Å²) in [4.78, 5) is 0. The number of allylic oxidation sites excluding steroid dienone is 1. The minimum atomic E-state index is 0.989. The molecule has 9 aromatic carbocycles. The zero-order valence-electron chi connectivity index (χ0n) is 27.5. The van der Waals surface area contributed by atoms with E-state index in [1.54, 1.807) is 0 Å². The Kier molecular flexibility index (Phi) is 6.78. The molecule has 0 N–H and O–H groups in total. The summed E-state index contributed by atoms with van der Waals surface area (Å²) in [5.74, 6) is 0. The van der Waals surface area contributed by atoms with Gasteiger partial charge in [-0.25, -0.2) is 0 Å². The average Bonchev–Trinajstić information content (AvgIpc) is 3.15. The molecule has 0 fully saturated rings. The fourth-order valence-electron chi connectivity index (χ4n) is 7.99. The largest absolute Gasteiger partial charge is 0.0990 e. The molecule has 0 unspecified atom stereocenters. The molecule has 230 valence electrons. The minimum absolute atomic E-state index is 0.989. The number of fused-ring (bicyclic) bond motifs is 5.